The summed E-state index contributed by atoms with van der Waals surface area (Å²) in [6.45, 7) is 2.23. The van der Waals surface area contributed by atoms with Crippen LogP contribution in [0.5, 0.6) is 0 Å². The van der Waals surface area contributed by atoms with Gasteiger partial charge in [0.2, 0.25) is 15.9 Å². The van der Waals surface area contributed by atoms with Gasteiger partial charge < -0.3 is 10.4 Å². The van der Waals surface area contributed by atoms with Crippen LogP contribution in [-0.2, 0) is 32.5 Å². The van der Waals surface area contributed by atoms with Crippen LogP contribution in [0.15, 0.2) is 23.1 Å². The number of hydrogen-bond acceptors (Lipinski definition) is 4. The quantitative estimate of drug-likeness (QED) is 0.762. The summed E-state index contributed by atoms with van der Waals surface area (Å²) in [4.78, 5) is 23.7. The Hall–Kier alpha value is -1.93. The van der Waals surface area contributed by atoms with Gasteiger partial charge in [-0.05, 0) is 61.8 Å². The fraction of sp³-hybridized carbons (Fsp3) is 0.579. The van der Waals surface area contributed by atoms with Crippen LogP contribution in [0, 0.1) is 5.92 Å². The van der Waals surface area contributed by atoms with Crippen molar-refractivity contribution < 1.29 is 23.1 Å². The number of amides is 1. The third-order valence-corrected chi connectivity index (χ3v) is 7.45. The number of carbonyl (C=O) groups is 2. The van der Waals surface area contributed by atoms with Crippen LogP contribution in [0.2, 0.25) is 0 Å². The minimum absolute atomic E-state index is 0.265. The van der Waals surface area contributed by atoms with Crippen LogP contribution in [0.3, 0.4) is 0 Å². The molecule has 0 spiro atoms. The molecule has 0 bridgehead atoms. The molecule has 27 heavy (non-hydrogen) atoms. The molecule has 7 nitrogen and oxygen atoms in total. The van der Waals surface area contributed by atoms with E-state index in [4.69, 9.17) is 5.11 Å². The molecule has 1 aliphatic heterocycles. The summed E-state index contributed by atoms with van der Waals surface area (Å²) in [5.41, 5.74) is 2.35. The number of benzene rings is 1. The first kappa shape index (κ1) is 19.8. The number of carboxylic acids is 1. The smallest absolute Gasteiger partial charge is 0.326 e. The van der Waals surface area contributed by atoms with E-state index in [0.29, 0.717) is 24.2 Å². The Morgan fingerprint density at radius 2 is 1.89 bits per heavy atom. The predicted molar refractivity (Wildman–Crippen MR) is 99.8 cm³/mol. The van der Waals surface area contributed by atoms with Crippen molar-refractivity contribution in [2.24, 2.45) is 5.92 Å². The number of aryl methyl sites for hydroxylation is 2. The molecule has 1 aliphatic carbocycles. The Balaban J connectivity index is 1.63. The number of nitrogens with one attached hydrogen (secondary N) is 1. The Morgan fingerprint density at radius 3 is 2.52 bits per heavy atom. The fourth-order valence-electron chi connectivity index (χ4n) is 3.84. The third-order valence-electron chi connectivity index (χ3n) is 5.56. The van der Waals surface area contributed by atoms with E-state index in [9.17, 15) is 18.0 Å². The van der Waals surface area contributed by atoms with Crippen molar-refractivity contribution in [3.8, 4) is 0 Å². The minimum Gasteiger partial charge on any atom is -0.480 e. The van der Waals surface area contributed by atoms with E-state index >= 15 is 0 Å². The molecule has 0 radical (unpaired) electrons. The zero-order valence-corrected chi connectivity index (χ0v) is 16.3. The van der Waals surface area contributed by atoms with Crippen molar-refractivity contribution in [2.45, 2.75) is 56.4 Å². The lowest BCUT2D eigenvalue weighted by Crippen LogP contribution is -2.47. The summed E-state index contributed by atoms with van der Waals surface area (Å²) >= 11 is 0. The zero-order chi connectivity index (χ0) is 19.6. The summed E-state index contributed by atoms with van der Waals surface area (Å²) in [7, 11) is -3.57. The largest absolute Gasteiger partial charge is 0.480 e. The highest BCUT2D eigenvalue weighted by Gasteiger charge is 2.33. The molecular weight excluding hydrogens is 368 g/mol. The molecule has 2 N–H and O–H groups in total. The van der Waals surface area contributed by atoms with E-state index in [2.05, 4.69) is 5.32 Å². The fourth-order valence-corrected chi connectivity index (χ4v) is 5.36. The highest BCUT2D eigenvalue weighted by molar-refractivity contribution is 7.89. The normalized spacial score (nSPS) is 19.4. The summed E-state index contributed by atoms with van der Waals surface area (Å²) in [5, 5.41) is 11.6. The van der Waals surface area contributed by atoms with Crippen molar-refractivity contribution >= 4 is 21.9 Å². The minimum atomic E-state index is -3.57. The lowest BCUT2D eigenvalue weighted by Gasteiger charge is -2.31. The van der Waals surface area contributed by atoms with Crippen LogP contribution in [0.4, 0.5) is 0 Å². The molecule has 1 fully saturated rings. The van der Waals surface area contributed by atoms with Gasteiger partial charge >= 0.3 is 5.97 Å². The first-order chi connectivity index (χ1) is 12.8. The summed E-state index contributed by atoms with van der Waals surface area (Å²) in [6, 6.07) is 4.48. The molecule has 1 heterocycles. The second kappa shape index (κ2) is 7.98. The average Bonchev–Trinajstić information content (AvgIpc) is 3.13. The molecule has 1 unspecified atom stereocenters. The van der Waals surface area contributed by atoms with E-state index < -0.39 is 22.0 Å². The Kier molecular flexibility index (Phi) is 5.86. The third kappa shape index (κ3) is 4.16. The summed E-state index contributed by atoms with van der Waals surface area (Å²) in [5.74, 6) is -1.72. The SMILES string of the molecule is CCC(NC(=O)C1CCN(S(=O)(=O)c2ccc3c(c2)CCC3)CC1)C(=O)O. The number of fused-ring (bicyclic) bond motifs is 1. The van der Waals surface area contributed by atoms with E-state index in [1.165, 1.54) is 9.87 Å². The van der Waals surface area contributed by atoms with Gasteiger partial charge in [-0.3, -0.25) is 4.79 Å². The van der Waals surface area contributed by atoms with Crippen LogP contribution >= 0.6 is 0 Å². The van der Waals surface area contributed by atoms with Crippen molar-refractivity contribution in [3.63, 3.8) is 0 Å². The van der Waals surface area contributed by atoms with Gasteiger partial charge in [0.1, 0.15) is 6.04 Å². The number of hydrogen-bond donors (Lipinski definition) is 2. The van der Waals surface area contributed by atoms with Crippen molar-refractivity contribution in [3.05, 3.63) is 29.3 Å². The van der Waals surface area contributed by atoms with Gasteiger partial charge in [-0.1, -0.05) is 13.0 Å². The second-order valence-corrected chi connectivity index (χ2v) is 9.21. The van der Waals surface area contributed by atoms with Crippen LogP contribution in [0.25, 0.3) is 0 Å². The van der Waals surface area contributed by atoms with Gasteiger partial charge in [-0.15, -0.1) is 0 Å². The maximum atomic E-state index is 12.9. The topological polar surface area (TPSA) is 104 Å². The van der Waals surface area contributed by atoms with E-state index in [1.54, 1.807) is 19.1 Å². The van der Waals surface area contributed by atoms with Gasteiger partial charge in [0.15, 0.2) is 0 Å². The van der Waals surface area contributed by atoms with Crippen molar-refractivity contribution in [2.75, 3.05) is 13.1 Å². The molecule has 1 atom stereocenters. The van der Waals surface area contributed by atoms with Gasteiger partial charge in [0, 0.05) is 19.0 Å². The first-order valence-electron chi connectivity index (χ1n) is 9.48. The standard InChI is InChI=1S/C19H26N2O5S/c1-2-17(19(23)24)20-18(22)14-8-10-21(11-9-14)27(25,26)16-7-6-13-4-3-5-15(13)12-16/h6-7,12,14,17H,2-5,8-11H2,1H3,(H,20,22)(H,23,24). The van der Waals surface area contributed by atoms with Crippen molar-refractivity contribution in [1.29, 1.82) is 0 Å². The number of carboxylic acid groups (broad SMARTS) is 1. The molecule has 2 aliphatic rings. The van der Waals surface area contributed by atoms with Gasteiger partial charge in [-0.2, -0.15) is 4.31 Å². The number of aliphatic carboxylic acids is 1. The van der Waals surface area contributed by atoms with Crippen LogP contribution < -0.4 is 5.32 Å². The van der Waals surface area contributed by atoms with Crippen molar-refractivity contribution in [1.82, 2.24) is 9.62 Å². The maximum absolute atomic E-state index is 12.9. The molecule has 1 saturated heterocycles. The van der Waals surface area contributed by atoms with Gasteiger partial charge in [-0.25, -0.2) is 13.2 Å². The number of piperidine rings is 1. The Labute approximate surface area is 159 Å². The molecule has 1 amide bonds. The van der Waals surface area contributed by atoms with Crippen LogP contribution in [0.1, 0.15) is 43.7 Å². The van der Waals surface area contributed by atoms with Gasteiger partial charge in [0.25, 0.3) is 0 Å². The van der Waals surface area contributed by atoms with Crippen LogP contribution in [-0.4, -0.2) is 48.8 Å². The highest BCUT2D eigenvalue weighted by Crippen LogP contribution is 2.28. The molecule has 3 rings (SSSR count). The Bertz CT molecular complexity index is 829. The second-order valence-electron chi connectivity index (χ2n) is 7.27. The number of carbonyl (C=O) groups excluding carboxylic acids is 1. The lowest BCUT2D eigenvalue weighted by atomic mass is 9.97. The molecule has 8 heteroatoms. The lowest BCUT2D eigenvalue weighted by molar-refractivity contribution is -0.142. The average molecular weight is 394 g/mol. The highest BCUT2D eigenvalue weighted by atomic mass is 32.2. The molecule has 1 aromatic carbocycles. The monoisotopic (exact) mass is 394 g/mol. The molecule has 0 aromatic heterocycles. The Morgan fingerprint density at radius 1 is 1.22 bits per heavy atom. The molecule has 0 saturated carbocycles. The number of sulfonamides is 1. The van der Waals surface area contributed by atoms with E-state index in [0.717, 1.165) is 24.8 Å². The molecular formula is C19H26N2O5S. The predicted octanol–water partition coefficient (Wildman–Crippen LogP) is 1.56. The van der Waals surface area contributed by atoms with Gasteiger partial charge in [0.05, 0.1) is 4.90 Å². The van der Waals surface area contributed by atoms with E-state index in [1.807, 2.05) is 6.07 Å². The maximum Gasteiger partial charge on any atom is 0.326 e. The number of rotatable bonds is 6. The first-order valence-corrected chi connectivity index (χ1v) is 10.9. The summed E-state index contributed by atoms with van der Waals surface area (Å²) < 4.78 is 27.3. The van der Waals surface area contributed by atoms with E-state index in [-0.39, 0.29) is 24.9 Å². The summed E-state index contributed by atoms with van der Waals surface area (Å²) in [6.07, 6.45) is 4.09. The zero-order valence-electron chi connectivity index (χ0n) is 15.5. The molecule has 148 valence electrons. The number of nitrogens with zero attached hydrogens (tertiary/aromatic N) is 1. The molecule has 1 aromatic rings.